The largest absolute Gasteiger partial charge is 0.354 e. The number of benzene rings is 2. The second kappa shape index (κ2) is 9.50. The van der Waals surface area contributed by atoms with Gasteiger partial charge in [0, 0.05) is 27.2 Å². The molecule has 0 atom stereocenters. The van der Waals surface area contributed by atoms with Gasteiger partial charge in [0.05, 0.1) is 11.9 Å². The van der Waals surface area contributed by atoms with E-state index in [0.29, 0.717) is 22.3 Å². The van der Waals surface area contributed by atoms with Crippen LogP contribution in [0.4, 0.5) is 5.69 Å². The summed E-state index contributed by atoms with van der Waals surface area (Å²) in [5.41, 5.74) is 0.249. The standard InChI is InChI=1S/C17H18Cl2N2O3S2/c1-26(23,24)21(15-10-13(18)9-14(19)11-15)12-17(22)20-7-8-25-16-5-3-2-4-6-16/h2-6,9-11H,7-8,12H2,1H3,(H,20,22). The highest BCUT2D eigenvalue weighted by molar-refractivity contribution is 7.99. The van der Waals surface area contributed by atoms with Gasteiger partial charge in [0.25, 0.3) is 0 Å². The molecule has 1 N–H and O–H groups in total. The molecule has 0 bridgehead atoms. The summed E-state index contributed by atoms with van der Waals surface area (Å²) in [7, 11) is -3.67. The number of anilines is 1. The molecule has 0 aliphatic rings. The number of amides is 1. The topological polar surface area (TPSA) is 66.5 Å². The third-order valence-electron chi connectivity index (χ3n) is 3.26. The molecule has 0 heterocycles. The van der Waals surface area contributed by atoms with Crippen LogP contribution in [0.1, 0.15) is 0 Å². The maximum atomic E-state index is 12.2. The molecule has 5 nitrogen and oxygen atoms in total. The molecule has 2 rings (SSSR count). The van der Waals surface area contributed by atoms with Gasteiger partial charge in [-0.25, -0.2) is 8.42 Å². The number of rotatable bonds is 8. The minimum atomic E-state index is -3.67. The maximum absolute atomic E-state index is 12.2. The first-order valence-electron chi connectivity index (χ1n) is 7.64. The summed E-state index contributed by atoms with van der Waals surface area (Å²) < 4.78 is 25.1. The van der Waals surface area contributed by atoms with E-state index >= 15 is 0 Å². The Hall–Kier alpha value is -1.41. The number of halogens is 2. The average Bonchev–Trinajstić information content (AvgIpc) is 2.55. The lowest BCUT2D eigenvalue weighted by Gasteiger charge is -2.22. The van der Waals surface area contributed by atoms with Crippen molar-refractivity contribution in [2.45, 2.75) is 4.90 Å². The highest BCUT2D eigenvalue weighted by Gasteiger charge is 2.21. The molecule has 2 aromatic carbocycles. The summed E-state index contributed by atoms with van der Waals surface area (Å²) in [5, 5.41) is 3.31. The van der Waals surface area contributed by atoms with Crippen molar-refractivity contribution in [3.05, 3.63) is 58.6 Å². The normalized spacial score (nSPS) is 11.2. The van der Waals surface area contributed by atoms with Gasteiger partial charge in [-0.15, -0.1) is 11.8 Å². The lowest BCUT2D eigenvalue weighted by molar-refractivity contribution is -0.119. The van der Waals surface area contributed by atoms with Crippen molar-refractivity contribution >= 4 is 56.6 Å². The fraction of sp³-hybridized carbons (Fsp3) is 0.235. The Balaban J connectivity index is 1.94. The molecule has 0 radical (unpaired) electrons. The molecule has 0 fully saturated rings. The van der Waals surface area contributed by atoms with E-state index in [1.165, 1.54) is 18.2 Å². The first kappa shape index (κ1) is 20.9. The summed E-state index contributed by atoms with van der Waals surface area (Å²) in [5.74, 6) is 0.276. The van der Waals surface area contributed by atoms with Crippen molar-refractivity contribution < 1.29 is 13.2 Å². The zero-order chi connectivity index (χ0) is 19.2. The Labute approximate surface area is 167 Å². The van der Waals surface area contributed by atoms with Crippen LogP contribution >= 0.6 is 35.0 Å². The molecular weight excluding hydrogens is 415 g/mol. The first-order valence-corrected chi connectivity index (χ1v) is 11.2. The SMILES string of the molecule is CS(=O)(=O)N(CC(=O)NCCSc1ccccc1)c1cc(Cl)cc(Cl)c1. The summed E-state index contributed by atoms with van der Waals surface area (Å²) in [6.45, 7) is 0.0812. The zero-order valence-corrected chi connectivity index (χ0v) is 17.1. The number of hydrogen-bond acceptors (Lipinski definition) is 4. The third-order valence-corrected chi connectivity index (χ3v) is 5.85. The Bertz CT molecular complexity index is 841. The van der Waals surface area contributed by atoms with Gasteiger partial charge in [0.1, 0.15) is 6.54 Å². The van der Waals surface area contributed by atoms with E-state index < -0.39 is 15.9 Å². The minimum absolute atomic E-state index is 0.249. The fourth-order valence-electron chi connectivity index (χ4n) is 2.15. The predicted octanol–water partition coefficient (Wildman–Crippen LogP) is 3.67. The molecule has 0 saturated heterocycles. The lowest BCUT2D eigenvalue weighted by atomic mass is 10.3. The smallest absolute Gasteiger partial charge is 0.240 e. The lowest BCUT2D eigenvalue weighted by Crippen LogP contribution is -2.41. The highest BCUT2D eigenvalue weighted by atomic mass is 35.5. The quantitative estimate of drug-likeness (QED) is 0.510. The minimum Gasteiger partial charge on any atom is -0.354 e. The third kappa shape index (κ3) is 6.72. The molecule has 0 aliphatic heterocycles. The summed E-state index contributed by atoms with van der Waals surface area (Å²) in [4.78, 5) is 13.3. The van der Waals surface area contributed by atoms with Gasteiger partial charge in [-0.05, 0) is 30.3 Å². The number of thioether (sulfide) groups is 1. The molecule has 1 amide bonds. The first-order chi connectivity index (χ1) is 12.3. The van der Waals surface area contributed by atoms with Gasteiger partial charge in [-0.3, -0.25) is 9.10 Å². The van der Waals surface area contributed by atoms with E-state index in [2.05, 4.69) is 5.32 Å². The zero-order valence-electron chi connectivity index (χ0n) is 14.0. The van der Waals surface area contributed by atoms with Crippen LogP contribution in [-0.4, -0.2) is 39.4 Å². The van der Waals surface area contributed by atoms with Gasteiger partial charge in [0.2, 0.25) is 15.9 Å². The Morgan fingerprint density at radius 2 is 1.73 bits per heavy atom. The Morgan fingerprint density at radius 3 is 2.31 bits per heavy atom. The number of nitrogens with zero attached hydrogens (tertiary/aromatic N) is 1. The number of nitrogens with one attached hydrogen (secondary N) is 1. The van der Waals surface area contributed by atoms with Gasteiger partial charge in [-0.2, -0.15) is 0 Å². The van der Waals surface area contributed by atoms with Crippen molar-refractivity contribution in [3.8, 4) is 0 Å². The van der Waals surface area contributed by atoms with E-state index in [9.17, 15) is 13.2 Å². The molecule has 9 heteroatoms. The van der Waals surface area contributed by atoms with Gasteiger partial charge < -0.3 is 5.32 Å². The number of sulfonamides is 1. The van der Waals surface area contributed by atoms with Crippen LogP contribution in [0.3, 0.4) is 0 Å². The molecule has 140 valence electrons. The van der Waals surface area contributed by atoms with Crippen LogP contribution in [0.15, 0.2) is 53.4 Å². The summed E-state index contributed by atoms with van der Waals surface area (Å²) in [6.07, 6.45) is 1.03. The molecular formula is C17H18Cl2N2O3S2. The van der Waals surface area contributed by atoms with E-state index in [0.717, 1.165) is 15.5 Å². The van der Waals surface area contributed by atoms with Crippen molar-refractivity contribution in [1.82, 2.24) is 5.32 Å². The monoisotopic (exact) mass is 432 g/mol. The van der Waals surface area contributed by atoms with Gasteiger partial charge in [0.15, 0.2) is 0 Å². The van der Waals surface area contributed by atoms with Gasteiger partial charge in [-0.1, -0.05) is 41.4 Å². The second-order valence-electron chi connectivity index (χ2n) is 5.41. The van der Waals surface area contributed by atoms with Crippen LogP contribution in [0.2, 0.25) is 10.0 Å². The molecule has 0 unspecified atom stereocenters. The van der Waals surface area contributed by atoms with E-state index in [-0.39, 0.29) is 12.2 Å². The van der Waals surface area contributed by atoms with Crippen molar-refractivity contribution in [2.75, 3.05) is 29.4 Å². The van der Waals surface area contributed by atoms with Gasteiger partial charge >= 0.3 is 0 Å². The molecule has 0 saturated carbocycles. The number of carbonyl (C=O) groups is 1. The second-order valence-corrected chi connectivity index (χ2v) is 9.36. The Kier molecular flexibility index (Phi) is 7.64. The average molecular weight is 433 g/mol. The van der Waals surface area contributed by atoms with Crippen molar-refractivity contribution in [1.29, 1.82) is 0 Å². The van der Waals surface area contributed by atoms with Crippen LogP contribution in [0, 0.1) is 0 Å². The predicted molar refractivity (Wildman–Crippen MR) is 109 cm³/mol. The molecule has 26 heavy (non-hydrogen) atoms. The van der Waals surface area contributed by atoms with Crippen LogP contribution < -0.4 is 9.62 Å². The fourth-order valence-corrected chi connectivity index (χ4v) is 4.29. The highest BCUT2D eigenvalue weighted by Crippen LogP contribution is 2.26. The number of hydrogen-bond donors (Lipinski definition) is 1. The number of carbonyl (C=O) groups excluding carboxylic acids is 1. The summed E-state index contributed by atoms with van der Waals surface area (Å²) >= 11 is 13.5. The Morgan fingerprint density at radius 1 is 1.12 bits per heavy atom. The van der Waals surface area contributed by atoms with Crippen molar-refractivity contribution in [2.24, 2.45) is 0 Å². The van der Waals surface area contributed by atoms with Crippen LogP contribution in [-0.2, 0) is 14.8 Å². The molecule has 2 aromatic rings. The molecule has 0 aromatic heterocycles. The van der Waals surface area contributed by atoms with Crippen LogP contribution in [0.25, 0.3) is 0 Å². The summed E-state index contributed by atoms with van der Waals surface area (Å²) in [6, 6.07) is 14.2. The van der Waals surface area contributed by atoms with E-state index in [4.69, 9.17) is 23.2 Å². The molecule has 0 spiro atoms. The van der Waals surface area contributed by atoms with Crippen molar-refractivity contribution in [3.63, 3.8) is 0 Å². The molecule has 0 aliphatic carbocycles. The van der Waals surface area contributed by atoms with Crippen LogP contribution in [0.5, 0.6) is 0 Å². The van der Waals surface area contributed by atoms with E-state index in [1.807, 2.05) is 30.3 Å². The maximum Gasteiger partial charge on any atom is 0.240 e. The van der Waals surface area contributed by atoms with E-state index in [1.54, 1.807) is 11.8 Å².